The third-order valence-electron chi connectivity index (χ3n) is 1.93. The molecule has 2 nitrogen and oxygen atoms in total. The van der Waals surface area contributed by atoms with E-state index in [1.54, 1.807) is 11.3 Å². The van der Waals surface area contributed by atoms with E-state index in [1.165, 1.54) is 0 Å². The molecule has 1 N–H and O–H groups in total. The second kappa shape index (κ2) is 3.18. The van der Waals surface area contributed by atoms with Crippen LogP contribution < -0.4 is 0 Å². The lowest BCUT2D eigenvalue weighted by molar-refractivity contribution is -0.136. The van der Waals surface area contributed by atoms with Crippen molar-refractivity contribution in [2.24, 2.45) is 0 Å². The molecule has 13 heavy (non-hydrogen) atoms. The minimum absolute atomic E-state index is 0.111. The Balaban J connectivity index is 2.43. The van der Waals surface area contributed by atoms with Crippen molar-refractivity contribution >= 4 is 17.3 Å². The molecule has 66 valence electrons. The third kappa shape index (κ3) is 1.55. The molecule has 0 aromatic heterocycles. The molecule has 0 aromatic rings. The van der Waals surface area contributed by atoms with Gasteiger partial charge in [0.1, 0.15) is 0 Å². The van der Waals surface area contributed by atoms with Gasteiger partial charge in [0.15, 0.2) is 0 Å². The standard InChI is InChI=1S/C10H8O2S/c11-10(12)6-7-3-4-9-8(7)2-1-5-13-9/h1-5H,6H2,(H,11,12). The topological polar surface area (TPSA) is 37.3 Å². The third-order valence-corrected chi connectivity index (χ3v) is 2.83. The highest BCUT2D eigenvalue weighted by Crippen LogP contribution is 2.31. The van der Waals surface area contributed by atoms with Crippen LogP contribution in [0, 0.1) is 0 Å². The molecule has 2 rings (SSSR count). The maximum atomic E-state index is 10.5. The van der Waals surface area contributed by atoms with Crippen molar-refractivity contribution in [1.82, 2.24) is 0 Å². The van der Waals surface area contributed by atoms with Crippen LogP contribution in [-0.4, -0.2) is 11.1 Å². The first-order chi connectivity index (χ1) is 6.27. The van der Waals surface area contributed by atoms with E-state index in [-0.39, 0.29) is 6.42 Å². The fourth-order valence-electron chi connectivity index (χ4n) is 1.37. The first kappa shape index (κ1) is 8.26. The van der Waals surface area contributed by atoms with Gasteiger partial charge in [0, 0.05) is 4.88 Å². The highest BCUT2D eigenvalue weighted by Gasteiger charge is 2.10. The first-order valence-electron chi connectivity index (χ1n) is 3.94. The molecule has 1 aliphatic heterocycles. The fourth-order valence-corrected chi connectivity index (χ4v) is 2.15. The maximum absolute atomic E-state index is 10.5. The molecular formula is C10H8O2S. The number of fused-ring (bicyclic) bond motifs is 1. The van der Waals surface area contributed by atoms with E-state index >= 15 is 0 Å². The van der Waals surface area contributed by atoms with E-state index in [0.717, 1.165) is 16.0 Å². The van der Waals surface area contributed by atoms with Gasteiger partial charge in [-0.2, -0.15) is 0 Å². The van der Waals surface area contributed by atoms with Gasteiger partial charge in [-0.25, -0.2) is 0 Å². The van der Waals surface area contributed by atoms with E-state index in [2.05, 4.69) is 0 Å². The molecule has 0 saturated heterocycles. The molecular weight excluding hydrogens is 184 g/mol. The monoisotopic (exact) mass is 192 g/mol. The number of carboxylic acid groups (broad SMARTS) is 1. The van der Waals surface area contributed by atoms with Gasteiger partial charge in [-0.3, -0.25) is 4.79 Å². The van der Waals surface area contributed by atoms with Gasteiger partial charge in [0.05, 0.1) is 6.42 Å². The van der Waals surface area contributed by atoms with Crippen molar-refractivity contribution < 1.29 is 9.90 Å². The van der Waals surface area contributed by atoms with E-state index in [9.17, 15) is 4.79 Å². The fraction of sp³-hybridized carbons (Fsp3) is 0.100. The Kier molecular flexibility index (Phi) is 2.02. The van der Waals surface area contributed by atoms with Gasteiger partial charge < -0.3 is 5.11 Å². The summed E-state index contributed by atoms with van der Waals surface area (Å²) in [4.78, 5) is 11.7. The zero-order valence-electron chi connectivity index (χ0n) is 6.86. The predicted molar refractivity (Wildman–Crippen MR) is 52.3 cm³/mol. The second-order valence-corrected chi connectivity index (χ2v) is 3.77. The van der Waals surface area contributed by atoms with Crippen molar-refractivity contribution in [2.75, 3.05) is 0 Å². The molecule has 1 aliphatic carbocycles. The number of carbonyl (C=O) groups is 1. The minimum Gasteiger partial charge on any atom is -0.481 e. The molecule has 0 aromatic carbocycles. The largest absolute Gasteiger partial charge is 0.481 e. The van der Waals surface area contributed by atoms with Crippen molar-refractivity contribution in [2.45, 2.75) is 6.42 Å². The van der Waals surface area contributed by atoms with Gasteiger partial charge >= 0.3 is 5.97 Å². The molecule has 0 radical (unpaired) electrons. The zero-order chi connectivity index (χ0) is 9.26. The molecule has 0 spiro atoms. The number of aliphatic carboxylic acids is 1. The maximum Gasteiger partial charge on any atom is 0.307 e. The summed E-state index contributed by atoms with van der Waals surface area (Å²) >= 11 is 1.63. The summed E-state index contributed by atoms with van der Waals surface area (Å²) in [5.74, 6) is -0.777. The number of carboxylic acids is 1. The van der Waals surface area contributed by atoms with Crippen LogP contribution in [0.4, 0.5) is 0 Å². The van der Waals surface area contributed by atoms with E-state index < -0.39 is 5.97 Å². The van der Waals surface area contributed by atoms with Crippen LogP contribution in [0.1, 0.15) is 5.56 Å². The Labute approximate surface area is 79.8 Å². The number of hydrogen-bond acceptors (Lipinski definition) is 2. The van der Waals surface area contributed by atoms with Gasteiger partial charge in [0.25, 0.3) is 0 Å². The molecule has 1 heterocycles. The molecule has 0 amide bonds. The molecule has 3 heteroatoms. The lowest BCUT2D eigenvalue weighted by Gasteiger charge is -1.99. The first-order valence-corrected chi connectivity index (χ1v) is 4.82. The van der Waals surface area contributed by atoms with Gasteiger partial charge in [-0.05, 0) is 22.6 Å². The van der Waals surface area contributed by atoms with E-state index in [4.69, 9.17) is 5.11 Å². The van der Waals surface area contributed by atoms with Crippen LogP contribution >= 0.6 is 11.3 Å². The van der Waals surface area contributed by atoms with Crippen LogP contribution in [0.5, 0.6) is 0 Å². The summed E-state index contributed by atoms with van der Waals surface area (Å²) in [6, 6.07) is 7.76. The zero-order valence-corrected chi connectivity index (χ0v) is 7.67. The molecule has 2 aliphatic rings. The van der Waals surface area contributed by atoms with Crippen molar-refractivity contribution in [1.29, 1.82) is 0 Å². The van der Waals surface area contributed by atoms with Crippen LogP contribution in [0.3, 0.4) is 0 Å². The highest BCUT2D eigenvalue weighted by molar-refractivity contribution is 7.13. The normalized spacial score (nSPS) is 10.5. The molecule has 0 atom stereocenters. The molecule has 0 fully saturated rings. The quantitative estimate of drug-likeness (QED) is 0.793. The van der Waals surface area contributed by atoms with Crippen molar-refractivity contribution in [3.8, 4) is 10.4 Å². The molecule has 0 saturated carbocycles. The summed E-state index contributed by atoms with van der Waals surface area (Å²) in [7, 11) is 0. The van der Waals surface area contributed by atoms with Crippen LogP contribution in [0.2, 0.25) is 0 Å². The second-order valence-electron chi connectivity index (χ2n) is 2.82. The molecule has 0 bridgehead atoms. The lowest BCUT2D eigenvalue weighted by Crippen LogP contribution is -1.99. The number of hydrogen-bond donors (Lipinski definition) is 1. The summed E-state index contributed by atoms with van der Waals surface area (Å²) < 4.78 is 0. The Morgan fingerprint density at radius 2 is 2.23 bits per heavy atom. The van der Waals surface area contributed by atoms with Gasteiger partial charge in [-0.1, -0.05) is 18.2 Å². The van der Waals surface area contributed by atoms with Crippen LogP contribution in [0.25, 0.3) is 10.4 Å². The van der Waals surface area contributed by atoms with Crippen LogP contribution in [-0.2, 0) is 11.2 Å². The molecule has 0 unspecified atom stereocenters. The Morgan fingerprint density at radius 3 is 3.00 bits per heavy atom. The summed E-state index contributed by atoms with van der Waals surface area (Å²) in [6.07, 6.45) is 0.111. The van der Waals surface area contributed by atoms with Gasteiger partial charge in [0.2, 0.25) is 0 Å². The van der Waals surface area contributed by atoms with Crippen molar-refractivity contribution in [3.05, 3.63) is 35.2 Å². The van der Waals surface area contributed by atoms with E-state index in [1.807, 2.05) is 29.6 Å². The summed E-state index contributed by atoms with van der Waals surface area (Å²) in [6.45, 7) is 0. The Morgan fingerprint density at radius 1 is 1.38 bits per heavy atom. The average molecular weight is 192 g/mol. The SMILES string of the molecule is O=C(O)Cc1ccc2scccc1-2. The Hall–Kier alpha value is -1.35. The minimum atomic E-state index is -0.777. The van der Waals surface area contributed by atoms with E-state index in [0.29, 0.717) is 0 Å². The lowest BCUT2D eigenvalue weighted by atomic mass is 10.1. The summed E-state index contributed by atoms with van der Waals surface area (Å²) in [5.41, 5.74) is 1.97. The number of rotatable bonds is 2. The Bertz CT molecular complexity index is 405. The summed E-state index contributed by atoms with van der Waals surface area (Å²) in [5, 5.41) is 10.6. The van der Waals surface area contributed by atoms with Crippen molar-refractivity contribution in [3.63, 3.8) is 0 Å². The highest BCUT2D eigenvalue weighted by atomic mass is 32.1. The smallest absolute Gasteiger partial charge is 0.307 e. The predicted octanol–water partition coefficient (Wildman–Crippen LogP) is 2.48. The average Bonchev–Trinajstić information content (AvgIpc) is 2.48. The van der Waals surface area contributed by atoms with Gasteiger partial charge in [-0.15, -0.1) is 11.3 Å². The van der Waals surface area contributed by atoms with Crippen LogP contribution in [0.15, 0.2) is 29.6 Å².